The van der Waals surface area contributed by atoms with Crippen molar-refractivity contribution in [1.29, 1.82) is 0 Å². The van der Waals surface area contributed by atoms with Crippen LogP contribution in [-0.4, -0.2) is 13.1 Å². The van der Waals surface area contributed by atoms with E-state index in [1.54, 1.807) is 0 Å². The van der Waals surface area contributed by atoms with E-state index in [1.807, 2.05) is 0 Å². The number of esters is 1. The molecule has 0 fully saturated rings. The van der Waals surface area contributed by atoms with E-state index in [9.17, 15) is 4.79 Å². The van der Waals surface area contributed by atoms with Crippen LogP contribution >= 0.6 is 0 Å². The van der Waals surface area contributed by atoms with E-state index in [0.29, 0.717) is 0 Å². The number of hydrogen-bond donors (Lipinski definition) is 0. The van der Waals surface area contributed by atoms with Crippen molar-refractivity contribution in [1.82, 2.24) is 0 Å². The van der Waals surface area contributed by atoms with Crippen molar-refractivity contribution in [3.63, 3.8) is 0 Å². The Labute approximate surface area is 85.6 Å². The number of carbonyl (C=O) groups excluding carboxylic acids is 1. The van der Waals surface area contributed by atoms with Crippen LogP contribution in [0.3, 0.4) is 0 Å². The lowest BCUT2D eigenvalue weighted by atomic mass is 9.91. The predicted molar refractivity (Wildman–Crippen MR) is 56.9 cm³/mol. The lowest BCUT2D eigenvalue weighted by Gasteiger charge is -2.15. The highest BCUT2D eigenvalue weighted by atomic mass is 16.5. The van der Waals surface area contributed by atoms with Gasteiger partial charge in [-0.15, -0.1) is 0 Å². The smallest absolute Gasteiger partial charge is 0.333 e. The average molecular weight is 194 g/mol. The molecule has 0 bridgehead atoms. The van der Waals surface area contributed by atoms with Gasteiger partial charge in [-0.2, -0.15) is 0 Å². The molecule has 0 aromatic rings. The molecule has 0 saturated carbocycles. The summed E-state index contributed by atoms with van der Waals surface area (Å²) >= 11 is 0. The van der Waals surface area contributed by atoms with Crippen molar-refractivity contribution >= 4 is 5.97 Å². The summed E-state index contributed by atoms with van der Waals surface area (Å²) in [7, 11) is 1.45. The van der Waals surface area contributed by atoms with Gasteiger partial charge in [-0.05, 0) is 37.7 Å². The molecule has 78 valence electrons. The van der Waals surface area contributed by atoms with E-state index in [-0.39, 0.29) is 5.97 Å². The fourth-order valence-electron chi connectivity index (χ4n) is 1.73. The molecule has 14 heavy (non-hydrogen) atoms. The quantitative estimate of drug-likeness (QED) is 0.645. The van der Waals surface area contributed by atoms with Crippen LogP contribution in [0.4, 0.5) is 0 Å². The van der Waals surface area contributed by atoms with Crippen LogP contribution < -0.4 is 0 Å². The van der Waals surface area contributed by atoms with E-state index in [1.165, 1.54) is 19.1 Å². The zero-order valence-corrected chi connectivity index (χ0v) is 9.01. The van der Waals surface area contributed by atoms with E-state index >= 15 is 0 Å². The minimum atomic E-state index is -0.152. The minimum Gasteiger partial charge on any atom is -0.466 e. The monoisotopic (exact) mass is 194 g/mol. The Balaban J connectivity index is 2.84. The Kier molecular flexibility index (Phi) is 4.44. The summed E-state index contributed by atoms with van der Waals surface area (Å²) in [6, 6.07) is 0. The number of hydrogen-bond acceptors (Lipinski definition) is 2. The van der Waals surface area contributed by atoms with Crippen molar-refractivity contribution in [2.24, 2.45) is 0 Å². The molecule has 0 N–H and O–H groups in total. The molecule has 0 aromatic heterocycles. The summed E-state index contributed by atoms with van der Waals surface area (Å²) in [5.41, 5.74) is 2.05. The normalized spacial score (nSPS) is 17.6. The lowest BCUT2D eigenvalue weighted by Crippen LogP contribution is -2.10. The SMILES string of the molecule is CCC=CC1=C(C(=O)OC)CCCC1. The highest BCUT2D eigenvalue weighted by molar-refractivity contribution is 5.90. The van der Waals surface area contributed by atoms with Crippen LogP contribution in [0.2, 0.25) is 0 Å². The molecule has 0 heterocycles. The fraction of sp³-hybridized carbons (Fsp3) is 0.583. The predicted octanol–water partition coefficient (Wildman–Crippen LogP) is 3.00. The minimum absolute atomic E-state index is 0.152. The third-order valence-electron chi connectivity index (χ3n) is 2.50. The second-order valence-electron chi connectivity index (χ2n) is 3.51. The number of ether oxygens (including phenoxy) is 1. The van der Waals surface area contributed by atoms with Gasteiger partial charge in [-0.1, -0.05) is 19.1 Å². The molecule has 0 saturated heterocycles. The van der Waals surface area contributed by atoms with Crippen molar-refractivity contribution in [3.8, 4) is 0 Å². The maximum atomic E-state index is 11.4. The zero-order valence-electron chi connectivity index (χ0n) is 9.01. The molecule has 1 aliphatic rings. The first-order chi connectivity index (χ1) is 6.79. The Hall–Kier alpha value is -1.05. The lowest BCUT2D eigenvalue weighted by molar-refractivity contribution is -0.136. The van der Waals surface area contributed by atoms with E-state index < -0.39 is 0 Å². The standard InChI is InChI=1S/C12H18O2/c1-3-4-7-10-8-5-6-9-11(10)12(13)14-2/h4,7H,3,5-6,8-9H2,1-2H3. The van der Waals surface area contributed by atoms with Crippen molar-refractivity contribution < 1.29 is 9.53 Å². The average Bonchev–Trinajstić information content (AvgIpc) is 2.25. The molecule has 2 heteroatoms. The van der Waals surface area contributed by atoms with Crippen LogP contribution in [0.25, 0.3) is 0 Å². The van der Waals surface area contributed by atoms with Gasteiger partial charge in [0.05, 0.1) is 7.11 Å². The van der Waals surface area contributed by atoms with Gasteiger partial charge in [0.2, 0.25) is 0 Å². The van der Waals surface area contributed by atoms with Gasteiger partial charge in [0.25, 0.3) is 0 Å². The Bertz CT molecular complexity index is 261. The van der Waals surface area contributed by atoms with Gasteiger partial charge in [0.15, 0.2) is 0 Å². The summed E-state index contributed by atoms with van der Waals surface area (Å²) in [4.78, 5) is 11.4. The van der Waals surface area contributed by atoms with Crippen molar-refractivity contribution in [3.05, 3.63) is 23.3 Å². The second-order valence-corrected chi connectivity index (χ2v) is 3.51. The fourth-order valence-corrected chi connectivity index (χ4v) is 1.73. The highest BCUT2D eigenvalue weighted by Crippen LogP contribution is 2.26. The topological polar surface area (TPSA) is 26.3 Å². The second kappa shape index (κ2) is 5.63. The molecule has 0 aromatic carbocycles. The van der Waals surface area contributed by atoms with Crippen LogP contribution in [0.15, 0.2) is 23.3 Å². The number of carbonyl (C=O) groups is 1. The van der Waals surface area contributed by atoms with E-state index in [4.69, 9.17) is 4.74 Å². The molecule has 0 radical (unpaired) electrons. The zero-order chi connectivity index (χ0) is 10.4. The largest absolute Gasteiger partial charge is 0.466 e. The van der Waals surface area contributed by atoms with Gasteiger partial charge in [0.1, 0.15) is 0 Å². The molecule has 0 spiro atoms. The molecular weight excluding hydrogens is 176 g/mol. The van der Waals surface area contributed by atoms with Gasteiger partial charge in [-0.25, -0.2) is 4.79 Å². The molecular formula is C12H18O2. The first-order valence-corrected chi connectivity index (χ1v) is 5.26. The summed E-state index contributed by atoms with van der Waals surface area (Å²) in [5, 5.41) is 0. The summed E-state index contributed by atoms with van der Waals surface area (Å²) in [6.07, 6.45) is 9.36. The summed E-state index contributed by atoms with van der Waals surface area (Å²) in [5.74, 6) is -0.152. The molecule has 1 aliphatic carbocycles. The first kappa shape index (κ1) is 11.0. The van der Waals surface area contributed by atoms with Gasteiger partial charge < -0.3 is 4.74 Å². The maximum Gasteiger partial charge on any atom is 0.333 e. The van der Waals surface area contributed by atoms with Crippen molar-refractivity contribution in [2.75, 3.05) is 7.11 Å². The van der Waals surface area contributed by atoms with Crippen LogP contribution in [0, 0.1) is 0 Å². The van der Waals surface area contributed by atoms with Crippen LogP contribution in [-0.2, 0) is 9.53 Å². The Morgan fingerprint density at radius 1 is 1.43 bits per heavy atom. The molecule has 0 atom stereocenters. The number of allylic oxidation sites excluding steroid dienone is 3. The number of rotatable bonds is 3. The third-order valence-corrected chi connectivity index (χ3v) is 2.50. The van der Waals surface area contributed by atoms with Crippen LogP contribution in [0.5, 0.6) is 0 Å². The Morgan fingerprint density at radius 2 is 2.14 bits per heavy atom. The third kappa shape index (κ3) is 2.72. The van der Waals surface area contributed by atoms with E-state index in [0.717, 1.165) is 31.3 Å². The summed E-state index contributed by atoms with van der Waals surface area (Å²) < 4.78 is 4.77. The molecule has 1 rings (SSSR count). The maximum absolute atomic E-state index is 11.4. The number of methoxy groups -OCH3 is 1. The van der Waals surface area contributed by atoms with Crippen LogP contribution in [0.1, 0.15) is 39.0 Å². The van der Waals surface area contributed by atoms with E-state index in [2.05, 4.69) is 19.1 Å². The Morgan fingerprint density at radius 3 is 2.79 bits per heavy atom. The molecule has 2 nitrogen and oxygen atoms in total. The highest BCUT2D eigenvalue weighted by Gasteiger charge is 2.17. The van der Waals surface area contributed by atoms with Gasteiger partial charge in [0, 0.05) is 5.57 Å². The molecule has 0 unspecified atom stereocenters. The van der Waals surface area contributed by atoms with Gasteiger partial charge >= 0.3 is 5.97 Å². The first-order valence-electron chi connectivity index (χ1n) is 5.26. The molecule has 0 aliphatic heterocycles. The van der Waals surface area contributed by atoms with Crippen molar-refractivity contribution in [2.45, 2.75) is 39.0 Å². The van der Waals surface area contributed by atoms with Gasteiger partial charge in [-0.3, -0.25) is 0 Å². The molecule has 0 amide bonds. The summed E-state index contributed by atoms with van der Waals surface area (Å²) in [6.45, 7) is 2.09.